The van der Waals surface area contributed by atoms with Gasteiger partial charge in [0.25, 0.3) is 0 Å². The molecular formula is C15H19NO6. The molecule has 0 aliphatic rings. The Morgan fingerprint density at radius 3 is 2.00 bits per heavy atom. The lowest BCUT2D eigenvalue weighted by Gasteiger charge is -2.21. The normalized spacial score (nSPS) is 11.8. The molecular weight excluding hydrogens is 290 g/mol. The number of ether oxygens (including phenoxy) is 2. The maximum Gasteiger partial charge on any atom is 0.321 e. The molecule has 1 rings (SSSR count). The Hall–Kier alpha value is -2.44. The van der Waals surface area contributed by atoms with Crippen molar-refractivity contribution in [3.05, 3.63) is 46.0 Å². The van der Waals surface area contributed by atoms with E-state index in [1.165, 1.54) is 0 Å². The summed E-state index contributed by atoms with van der Waals surface area (Å²) in [7, 11) is 0. The van der Waals surface area contributed by atoms with Crippen molar-refractivity contribution >= 4 is 11.9 Å². The van der Waals surface area contributed by atoms with Crippen LogP contribution < -0.4 is 0 Å². The van der Waals surface area contributed by atoms with Crippen LogP contribution in [0.15, 0.2) is 30.3 Å². The van der Waals surface area contributed by atoms with Crippen LogP contribution >= 0.6 is 0 Å². The Bertz CT molecular complexity index is 498. The van der Waals surface area contributed by atoms with Crippen molar-refractivity contribution in [2.75, 3.05) is 19.8 Å². The van der Waals surface area contributed by atoms with Gasteiger partial charge in [0.1, 0.15) is 0 Å². The second-order valence-electron chi connectivity index (χ2n) is 4.51. The lowest BCUT2D eigenvalue weighted by atomic mass is 9.86. The standard InChI is InChI=1S/C15H19NO6/c1-3-21-14(17)13(15(18)22-4-2)12(10-16(19)20)11-8-6-5-7-9-11/h5-9,12-13H,3-4,10H2,1-2H3/t12-/m1/s1. The van der Waals surface area contributed by atoms with Gasteiger partial charge in [0.2, 0.25) is 6.54 Å². The summed E-state index contributed by atoms with van der Waals surface area (Å²) >= 11 is 0. The molecule has 22 heavy (non-hydrogen) atoms. The van der Waals surface area contributed by atoms with E-state index in [4.69, 9.17) is 9.47 Å². The molecule has 0 saturated heterocycles. The summed E-state index contributed by atoms with van der Waals surface area (Å²) in [4.78, 5) is 34.6. The lowest BCUT2D eigenvalue weighted by molar-refractivity contribution is -0.484. The maximum atomic E-state index is 12.1. The van der Waals surface area contributed by atoms with E-state index in [0.717, 1.165) is 0 Å². The summed E-state index contributed by atoms with van der Waals surface area (Å²) in [6.45, 7) is 2.80. The highest BCUT2D eigenvalue weighted by Gasteiger charge is 2.41. The van der Waals surface area contributed by atoms with Gasteiger partial charge in [-0.2, -0.15) is 0 Å². The number of hydrogen-bond acceptors (Lipinski definition) is 6. The minimum absolute atomic E-state index is 0.0781. The van der Waals surface area contributed by atoms with E-state index >= 15 is 0 Å². The SMILES string of the molecule is CCOC(=O)C(C(=O)OCC)[C@H](C[N+](=O)[O-])c1ccccc1. The molecule has 0 saturated carbocycles. The van der Waals surface area contributed by atoms with Crippen molar-refractivity contribution in [1.29, 1.82) is 0 Å². The van der Waals surface area contributed by atoms with Gasteiger partial charge in [-0.05, 0) is 19.4 Å². The van der Waals surface area contributed by atoms with Gasteiger partial charge in [-0.15, -0.1) is 0 Å². The van der Waals surface area contributed by atoms with Crippen LogP contribution in [-0.4, -0.2) is 36.6 Å². The van der Waals surface area contributed by atoms with Crippen molar-refractivity contribution in [2.24, 2.45) is 5.92 Å². The molecule has 0 N–H and O–H groups in total. The first-order valence-corrected chi connectivity index (χ1v) is 7.01. The smallest absolute Gasteiger partial charge is 0.321 e. The number of carbonyl (C=O) groups is 2. The Morgan fingerprint density at radius 1 is 1.09 bits per heavy atom. The Labute approximate surface area is 128 Å². The van der Waals surface area contributed by atoms with Gasteiger partial charge in [0.15, 0.2) is 5.92 Å². The molecule has 120 valence electrons. The summed E-state index contributed by atoms with van der Waals surface area (Å²) in [6, 6.07) is 8.40. The first-order valence-electron chi connectivity index (χ1n) is 7.01. The molecule has 0 aromatic heterocycles. The Kier molecular flexibility index (Phi) is 7.01. The van der Waals surface area contributed by atoms with Crippen LogP contribution in [0.1, 0.15) is 25.3 Å². The van der Waals surface area contributed by atoms with Crippen LogP contribution in [0, 0.1) is 16.0 Å². The Balaban J connectivity index is 3.20. The predicted octanol–water partition coefficient (Wildman–Crippen LogP) is 1.79. The number of nitro groups is 1. The molecule has 0 fully saturated rings. The van der Waals surface area contributed by atoms with Crippen molar-refractivity contribution in [1.82, 2.24) is 0 Å². The van der Waals surface area contributed by atoms with E-state index in [2.05, 4.69) is 0 Å². The number of benzene rings is 1. The molecule has 0 bridgehead atoms. The fourth-order valence-corrected chi connectivity index (χ4v) is 2.15. The average molecular weight is 309 g/mol. The zero-order valence-electron chi connectivity index (χ0n) is 12.6. The molecule has 0 amide bonds. The third-order valence-electron chi connectivity index (χ3n) is 3.06. The molecule has 7 heteroatoms. The molecule has 0 radical (unpaired) electrons. The van der Waals surface area contributed by atoms with Gasteiger partial charge in [-0.3, -0.25) is 19.7 Å². The Morgan fingerprint density at radius 2 is 1.59 bits per heavy atom. The number of nitrogens with zero attached hydrogens (tertiary/aromatic N) is 1. The summed E-state index contributed by atoms with van der Waals surface area (Å²) in [5.41, 5.74) is 0.519. The lowest BCUT2D eigenvalue weighted by Crippen LogP contribution is -2.36. The van der Waals surface area contributed by atoms with Crippen LogP contribution in [-0.2, 0) is 19.1 Å². The van der Waals surface area contributed by atoms with Gasteiger partial charge in [0, 0.05) is 4.92 Å². The first-order chi connectivity index (χ1) is 10.5. The van der Waals surface area contributed by atoms with E-state index in [-0.39, 0.29) is 13.2 Å². The van der Waals surface area contributed by atoms with Crippen molar-refractivity contribution in [3.63, 3.8) is 0 Å². The number of carbonyl (C=O) groups excluding carboxylic acids is 2. The van der Waals surface area contributed by atoms with E-state index in [0.29, 0.717) is 5.56 Å². The van der Waals surface area contributed by atoms with Crippen LogP contribution in [0.2, 0.25) is 0 Å². The second kappa shape index (κ2) is 8.76. The molecule has 0 heterocycles. The van der Waals surface area contributed by atoms with Crippen LogP contribution in [0.25, 0.3) is 0 Å². The molecule has 1 atom stereocenters. The summed E-state index contributed by atoms with van der Waals surface area (Å²) in [5.74, 6) is -3.91. The van der Waals surface area contributed by atoms with Gasteiger partial charge < -0.3 is 9.47 Å². The number of esters is 2. The van der Waals surface area contributed by atoms with E-state index in [1.54, 1.807) is 44.2 Å². The average Bonchev–Trinajstić information content (AvgIpc) is 2.47. The highest BCUT2D eigenvalue weighted by atomic mass is 16.6. The minimum Gasteiger partial charge on any atom is -0.465 e. The molecule has 0 unspecified atom stereocenters. The number of rotatable bonds is 8. The third-order valence-corrected chi connectivity index (χ3v) is 3.06. The van der Waals surface area contributed by atoms with Gasteiger partial charge in [-0.1, -0.05) is 30.3 Å². The zero-order valence-corrected chi connectivity index (χ0v) is 12.6. The van der Waals surface area contributed by atoms with Crippen molar-refractivity contribution < 1.29 is 24.0 Å². The van der Waals surface area contributed by atoms with Gasteiger partial charge in [-0.25, -0.2) is 0 Å². The van der Waals surface area contributed by atoms with Gasteiger partial charge in [0.05, 0.1) is 19.1 Å². The summed E-state index contributed by atoms with van der Waals surface area (Å²) in [5, 5.41) is 10.9. The third kappa shape index (κ3) is 4.83. The second-order valence-corrected chi connectivity index (χ2v) is 4.51. The van der Waals surface area contributed by atoms with E-state index in [9.17, 15) is 19.7 Å². The molecule has 0 aliphatic carbocycles. The first kappa shape index (κ1) is 17.6. The highest BCUT2D eigenvalue weighted by Crippen LogP contribution is 2.27. The molecule has 7 nitrogen and oxygen atoms in total. The van der Waals surface area contributed by atoms with Crippen LogP contribution in [0.3, 0.4) is 0 Å². The maximum absolute atomic E-state index is 12.1. The zero-order chi connectivity index (χ0) is 16.5. The van der Waals surface area contributed by atoms with Crippen LogP contribution in [0.4, 0.5) is 0 Å². The summed E-state index contributed by atoms with van der Waals surface area (Å²) < 4.78 is 9.79. The van der Waals surface area contributed by atoms with E-state index < -0.39 is 35.2 Å². The fraction of sp³-hybridized carbons (Fsp3) is 0.467. The van der Waals surface area contributed by atoms with Crippen LogP contribution in [0.5, 0.6) is 0 Å². The number of hydrogen-bond donors (Lipinski definition) is 0. The topological polar surface area (TPSA) is 95.7 Å². The van der Waals surface area contributed by atoms with E-state index in [1.807, 2.05) is 0 Å². The fourth-order valence-electron chi connectivity index (χ4n) is 2.15. The monoisotopic (exact) mass is 309 g/mol. The molecule has 1 aromatic rings. The quantitative estimate of drug-likeness (QED) is 0.314. The molecule has 0 aliphatic heterocycles. The van der Waals surface area contributed by atoms with Gasteiger partial charge >= 0.3 is 11.9 Å². The largest absolute Gasteiger partial charge is 0.465 e. The minimum atomic E-state index is -1.35. The molecule has 1 aromatic carbocycles. The predicted molar refractivity (Wildman–Crippen MR) is 77.8 cm³/mol. The molecule has 0 spiro atoms. The van der Waals surface area contributed by atoms with Crippen molar-refractivity contribution in [2.45, 2.75) is 19.8 Å². The summed E-state index contributed by atoms with van der Waals surface area (Å²) in [6.07, 6.45) is 0. The van der Waals surface area contributed by atoms with Crippen molar-refractivity contribution in [3.8, 4) is 0 Å². The highest BCUT2D eigenvalue weighted by molar-refractivity contribution is 5.96.